The highest BCUT2D eigenvalue weighted by atomic mass is 16.5. The second-order valence-electron chi connectivity index (χ2n) is 7.42. The molecule has 166 valence electrons. The summed E-state index contributed by atoms with van der Waals surface area (Å²) in [6, 6.07) is 16.7. The van der Waals surface area contributed by atoms with E-state index in [0.29, 0.717) is 18.0 Å². The average Bonchev–Trinajstić information content (AvgIpc) is 3.52. The molecule has 1 aliphatic heterocycles. The molecule has 1 fully saturated rings. The van der Waals surface area contributed by atoms with Gasteiger partial charge in [0.05, 0.1) is 18.9 Å². The first-order valence-electron chi connectivity index (χ1n) is 10.5. The second kappa shape index (κ2) is 10.1. The molecule has 1 saturated heterocycles. The van der Waals surface area contributed by atoms with E-state index in [1.165, 1.54) is 0 Å². The number of hydrogen-bond donors (Lipinski definition) is 1. The Morgan fingerprint density at radius 3 is 2.62 bits per heavy atom. The summed E-state index contributed by atoms with van der Waals surface area (Å²) in [5.41, 5.74) is 2.26. The first kappa shape index (κ1) is 21.6. The zero-order chi connectivity index (χ0) is 22.3. The first-order chi connectivity index (χ1) is 15.6. The topological polar surface area (TPSA) is 91.7 Å². The lowest BCUT2D eigenvalue weighted by molar-refractivity contribution is -0.124. The van der Waals surface area contributed by atoms with Gasteiger partial charge in [0, 0.05) is 24.9 Å². The normalized spacial score (nSPS) is 15.3. The van der Waals surface area contributed by atoms with E-state index < -0.39 is 5.97 Å². The van der Waals surface area contributed by atoms with Gasteiger partial charge in [0.2, 0.25) is 0 Å². The van der Waals surface area contributed by atoms with Gasteiger partial charge >= 0.3 is 5.97 Å². The Labute approximate surface area is 186 Å². The number of aromatic nitrogens is 2. The minimum Gasteiger partial charge on any atom is -0.497 e. The summed E-state index contributed by atoms with van der Waals surface area (Å²) in [5, 5.41) is 7.35. The molecule has 2 heterocycles. The minimum atomic E-state index is -0.620. The van der Waals surface area contributed by atoms with E-state index in [2.05, 4.69) is 10.4 Å². The summed E-state index contributed by atoms with van der Waals surface area (Å²) in [6.07, 6.45) is 3.56. The first-order valence-corrected chi connectivity index (χ1v) is 10.5. The Kier molecular flexibility index (Phi) is 6.81. The molecule has 1 aromatic heterocycles. The van der Waals surface area contributed by atoms with Gasteiger partial charge in [-0.2, -0.15) is 5.10 Å². The molecule has 1 aliphatic rings. The highest BCUT2D eigenvalue weighted by molar-refractivity contribution is 5.97. The van der Waals surface area contributed by atoms with Crippen LogP contribution in [0.5, 0.6) is 5.75 Å². The predicted octanol–water partition coefficient (Wildman–Crippen LogP) is 3.00. The van der Waals surface area contributed by atoms with Crippen LogP contribution < -0.4 is 10.1 Å². The van der Waals surface area contributed by atoms with Crippen molar-refractivity contribution < 1.29 is 23.8 Å². The molecule has 0 bridgehead atoms. The fraction of sp³-hybridized carbons (Fsp3) is 0.292. The number of esters is 1. The SMILES string of the molecule is COc1ccc(-c2nn(-c3ccccc3)cc2C(=O)OCC(=O)NCC2CCCO2)cc1. The summed E-state index contributed by atoms with van der Waals surface area (Å²) in [6.45, 7) is 0.763. The van der Waals surface area contributed by atoms with Crippen LogP contribution in [0.25, 0.3) is 16.9 Å². The van der Waals surface area contributed by atoms with Crippen molar-refractivity contribution in [3.63, 3.8) is 0 Å². The summed E-state index contributed by atoms with van der Waals surface area (Å²) in [4.78, 5) is 25.0. The van der Waals surface area contributed by atoms with Crippen molar-refractivity contribution in [1.29, 1.82) is 0 Å². The van der Waals surface area contributed by atoms with Crippen LogP contribution in [0.3, 0.4) is 0 Å². The number of benzene rings is 2. The average molecular weight is 435 g/mol. The molecule has 8 heteroatoms. The van der Waals surface area contributed by atoms with E-state index >= 15 is 0 Å². The largest absolute Gasteiger partial charge is 0.497 e. The van der Waals surface area contributed by atoms with E-state index in [-0.39, 0.29) is 24.2 Å². The van der Waals surface area contributed by atoms with Crippen molar-refractivity contribution in [2.45, 2.75) is 18.9 Å². The van der Waals surface area contributed by atoms with Gasteiger partial charge in [-0.1, -0.05) is 18.2 Å². The molecule has 0 aliphatic carbocycles. The van der Waals surface area contributed by atoms with Gasteiger partial charge in [-0.15, -0.1) is 0 Å². The summed E-state index contributed by atoms with van der Waals surface area (Å²) >= 11 is 0. The van der Waals surface area contributed by atoms with Crippen LogP contribution in [-0.2, 0) is 14.3 Å². The van der Waals surface area contributed by atoms with Crippen molar-refractivity contribution in [2.24, 2.45) is 0 Å². The van der Waals surface area contributed by atoms with Crippen molar-refractivity contribution >= 4 is 11.9 Å². The van der Waals surface area contributed by atoms with Crippen LogP contribution in [0, 0.1) is 0 Å². The fourth-order valence-corrected chi connectivity index (χ4v) is 3.49. The lowest BCUT2D eigenvalue weighted by Gasteiger charge is -2.11. The molecule has 4 rings (SSSR count). The molecule has 0 radical (unpaired) electrons. The molecule has 1 atom stereocenters. The van der Waals surface area contributed by atoms with Crippen molar-refractivity contribution in [2.75, 3.05) is 26.9 Å². The molecule has 1 amide bonds. The molecule has 1 N–H and O–H groups in total. The number of nitrogens with one attached hydrogen (secondary N) is 1. The molecular formula is C24H25N3O5. The van der Waals surface area contributed by atoms with E-state index in [1.807, 2.05) is 42.5 Å². The lowest BCUT2D eigenvalue weighted by Crippen LogP contribution is -2.34. The molecule has 2 aromatic carbocycles. The number of ether oxygens (including phenoxy) is 3. The molecule has 32 heavy (non-hydrogen) atoms. The van der Waals surface area contributed by atoms with Crippen molar-refractivity contribution in [1.82, 2.24) is 15.1 Å². The summed E-state index contributed by atoms with van der Waals surface area (Å²) < 4.78 is 17.6. The van der Waals surface area contributed by atoms with Crippen molar-refractivity contribution in [3.8, 4) is 22.7 Å². The Morgan fingerprint density at radius 2 is 1.94 bits per heavy atom. The Bertz CT molecular complexity index is 1060. The quantitative estimate of drug-likeness (QED) is 0.547. The van der Waals surface area contributed by atoms with Gasteiger partial charge in [0.1, 0.15) is 17.0 Å². The van der Waals surface area contributed by atoms with Crippen LogP contribution in [0.4, 0.5) is 0 Å². The number of rotatable bonds is 8. The third kappa shape index (κ3) is 5.15. The maximum Gasteiger partial charge on any atom is 0.342 e. The highest BCUT2D eigenvalue weighted by Crippen LogP contribution is 2.26. The molecule has 3 aromatic rings. The van der Waals surface area contributed by atoms with Crippen LogP contribution in [0.1, 0.15) is 23.2 Å². The van der Waals surface area contributed by atoms with Crippen LogP contribution in [0.15, 0.2) is 60.8 Å². The number of amides is 1. The molecular weight excluding hydrogens is 410 g/mol. The van der Waals surface area contributed by atoms with Crippen LogP contribution in [-0.4, -0.2) is 54.6 Å². The van der Waals surface area contributed by atoms with Gasteiger partial charge in [-0.25, -0.2) is 9.48 Å². The van der Waals surface area contributed by atoms with Gasteiger partial charge in [-0.05, 0) is 49.2 Å². The van der Waals surface area contributed by atoms with Crippen LogP contribution in [0.2, 0.25) is 0 Å². The van der Waals surface area contributed by atoms with E-state index in [4.69, 9.17) is 14.2 Å². The van der Waals surface area contributed by atoms with Gasteiger partial charge < -0.3 is 19.5 Å². The number of hydrogen-bond acceptors (Lipinski definition) is 6. The Hall–Kier alpha value is -3.65. The number of carbonyl (C=O) groups excluding carboxylic acids is 2. The predicted molar refractivity (Wildman–Crippen MR) is 118 cm³/mol. The maximum absolute atomic E-state index is 12.9. The van der Waals surface area contributed by atoms with Crippen molar-refractivity contribution in [3.05, 3.63) is 66.4 Å². The van der Waals surface area contributed by atoms with Gasteiger partial charge in [-0.3, -0.25) is 4.79 Å². The highest BCUT2D eigenvalue weighted by Gasteiger charge is 2.22. The Morgan fingerprint density at radius 1 is 1.16 bits per heavy atom. The standard InChI is InChI=1S/C24H25N3O5/c1-30-19-11-9-17(10-12-19)23-21(15-27(26-23)18-6-3-2-4-7-18)24(29)32-16-22(28)25-14-20-8-5-13-31-20/h2-4,6-7,9-12,15,20H,5,8,13-14,16H2,1H3,(H,25,28). The number of nitrogens with zero attached hydrogens (tertiary/aromatic N) is 2. The molecule has 0 spiro atoms. The van der Waals surface area contributed by atoms with E-state index in [9.17, 15) is 9.59 Å². The third-order valence-corrected chi connectivity index (χ3v) is 5.20. The number of para-hydroxylation sites is 1. The minimum absolute atomic E-state index is 0.0282. The van der Waals surface area contributed by atoms with Crippen LogP contribution >= 0.6 is 0 Å². The lowest BCUT2D eigenvalue weighted by atomic mass is 10.1. The summed E-state index contributed by atoms with van der Waals surface area (Å²) in [5.74, 6) is -0.288. The Balaban J connectivity index is 1.50. The zero-order valence-electron chi connectivity index (χ0n) is 17.8. The van der Waals surface area contributed by atoms with Gasteiger partial charge in [0.25, 0.3) is 5.91 Å². The number of methoxy groups -OCH3 is 1. The third-order valence-electron chi connectivity index (χ3n) is 5.20. The van der Waals surface area contributed by atoms with E-state index in [1.54, 1.807) is 30.1 Å². The van der Waals surface area contributed by atoms with E-state index in [0.717, 1.165) is 30.7 Å². The molecule has 1 unspecified atom stereocenters. The molecule has 8 nitrogen and oxygen atoms in total. The monoisotopic (exact) mass is 435 g/mol. The fourth-order valence-electron chi connectivity index (χ4n) is 3.49. The van der Waals surface area contributed by atoms with Gasteiger partial charge in [0.15, 0.2) is 6.61 Å². The molecule has 0 saturated carbocycles. The zero-order valence-corrected chi connectivity index (χ0v) is 17.8. The number of carbonyl (C=O) groups is 2. The smallest absolute Gasteiger partial charge is 0.342 e. The second-order valence-corrected chi connectivity index (χ2v) is 7.42. The maximum atomic E-state index is 12.9. The summed E-state index contributed by atoms with van der Waals surface area (Å²) in [7, 11) is 1.59.